The molecule has 18 heavy (non-hydrogen) atoms. The zero-order chi connectivity index (χ0) is 13.0. The summed E-state index contributed by atoms with van der Waals surface area (Å²) in [7, 11) is 0. The lowest BCUT2D eigenvalue weighted by atomic mass is 9.96. The molecule has 0 bridgehead atoms. The molecule has 5 nitrogen and oxygen atoms in total. The predicted octanol–water partition coefficient (Wildman–Crippen LogP) is 0.159. The van der Waals surface area contributed by atoms with Gasteiger partial charge in [0.05, 0.1) is 0 Å². The van der Waals surface area contributed by atoms with Gasteiger partial charge in [-0.15, -0.1) is 0 Å². The van der Waals surface area contributed by atoms with Crippen molar-refractivity contribution in [3.63, 3.8) is 0 Å². The SMILES string of the molecule is CC(NC(=O)CC1CCCNC1)C(=O)NC1CC1. The smallest absolute Gasteiger partial charge is 0.242 e. The first-order chi connectivity index (χ1) is 8.65. The number of amides is 2. The second-order valence-electron chi connectivity index (χ2n) is 5.49. The summed E-state index contributed by atoms with van der Waals surface area (Å²) in [4.78, 5) is 23.5. The van der Waals surface area contributed by atoms with Gasteiger partial charge in [0, 0.05) is 12.5 Å². The number of piperidine rings is 1. The van der Waals surface area contributed by atoms with Crippen LogP contribution in [0.25, 0.3) is 0 Å². The van der Waals surface area contributed by atoms with Crippen molar-refractivity contribution in [2.45, 2.75) is 51.1 Å². The summed E-state index contributed by atoms with van der Waals surface area (Å²) >= 11 is 0. The van der Waals surface area contributed by atoms with Gasteiger partial charge in [0.2, 0.25) is 11.8 Å². The maximum absolute atomic E-state index is 11.8. The van der Waals surface area contributed by atoms with Crippen LogP contribution >= 0.6 is 0 Å². The number of rotatable bonds is 5. The van der Waals surface area contributed by atoms with Gasteiger partial charge in [0.15, 0.2) is 0 Å². The number of carbonyl (C=O) groups is 2. The highest BCUT2D eigenvalue weighted by Gasteiger charge is 2.26. The van der Waals surface area contributed by atoms with E-state index in [-0.39, 0.29) is 11.8 Å². The molecule has 2 fully saturated rings. The molecule has 5 heteroatoms. The lowest BCUT2D eigenvalue weighted by Gasteiger charge is -2.23. The van der Waals surface area contributed by atoms with Crippen molar-refractivity contribution in [1.82, 2.24) is 16.0 Å². The quantitative estimate of drug-likeness (QED) is 0.653. The molecular formula is C13H23N3O2. The van der Waals surface area contributed by atoms with E-state index in [0.717, 1.165) is 38.8 Å². The second kappa shape index (κ2) is 6.18. The van der Waals surface area contributed by atoms with Crippen LogP contribution in [0, 0.1) is 5.92 Å². The van der Waals surface area contributed by atoms with E-state index in [9.17, 15) is 9.59 Å². The van der Waals surface area contributed by atoms with E-state index < -0.39 is 6.04 Å². The van der Waals surface area contributed by atoms with Gasteiger partial charge >= 0.3 is 0 Å². The zero-order valence-corrected chi connectivity index (χ0v) is 11.0. The van der Waals surface area contributed by atoms with Gasteiger partial charge in [-0.1, -0.05) is 0 Å². The zero-order valence-electron chi connectivity index (χ0n) is 11.0. The minimum atomic E-state index is -0.422. The van der Waals surface area contributed by atoms with E-state index in [1.54, 1.807) is 6.92 Å². The molecule has 0 aromatic carbocycles. The first-order valence-electron chi connectivity index (χ1n) is 6.95. The Morgan fingerprint density at radius 3 is 2.72 bits per heavy atom. The molecule has 0 spiro atoms. The highest BCUT2D eigenvalue weighted by molar-refractivity contribution is 5.87. The molecule has 1 heterocycles. The van der Waals surface area contributed by atoms with Crippen molar-refractivity contribution in [2.75, 3.05) is 13.1 Å². The van der Waals surface area contributed by atoms with Crippen LogP contribution in [0.1, 0.15) is 39.0 Å². The summed E-state index contributed by atoms with van der Waals surface area (Å²) in [5.41, 5.74) is 0. The second-order valence-corrected chi connectivity index (χ2v) is 5.49. The molecule has 1 saturated carbocycles. The lowest BCUT2D eigenvalue weighted by Crippen LogP contribution is -2.46. The molecule has 2 amide bonds. The number of hydrogen-bond acceptors (Lipinski definition) is 3. The Kier molecular flexibility index (Phi) is 4.58. The first-order valence-corrected chi connectivity index (χ1v) is 6.95. The average Bonchev–Trinajstić information content (AvgIpc) is 3.14. The van der Waals surface area contributed by atoms with E-state index in [1.165, 1.54) is 0 Å². The monoisotopic (exact) mass is 253 g/mol. The van der Waals surface area contributed by atoms with Crippen molar-refractivity contribution >= 4 is 11.8 Å². The fourth-order valence-electron chi connectivity index (χ4n) is 2.28. The highest BCUT2D eigenvalue weighted by Crippen LogP contribution is 2.18. The van der Waals surface area contributed by atoms with E-state index in [1.807, 2.05) is 0 Å². The van der Waals surface area contributed by atoms with Crippen molar-refractivity contribution in [3.05, 3.63) is 0 Å². The summed E-state index contributed by atoms with van der Waals surface area (Å²) in [5.74, 6) is 0.340. The standard InChI is InChI=1S/C13H23N3O2/c1-9(13(18)16-11-4-5-11)15-12(17)7-10-3-2-6-14-8-10/h9-11,14H,2-8H2,1H3,(H,15,17)(H,16,18). The summed E-state index contributed by atoms with van der Waals surface area (Å²) in [5, 5.41) is 8.97. The van der Waals surface area contributed by atoms with Gasteiger partial charge in [0.1, 0.15) is 6.04 Å². The van der Waals surface area contributed by atoms with E-state index in [4.69, 9.17) is 0 Å². The van der Waals surface area contributed by atoms with Gasteiger partial charge < -0.3 is 16.0 Å². The van der Waals surface area contributed by atoms with Crippen molar-refractivity contribution in [1.29, 1.82) is 0 Å². The summed E-state index contributed by atoms with van der Waals surface area (Å²) in [6.07, 6.45) is 4.90. The van der Waals surface area contributed by atoms with Crippen LogP contribution in [0.4, 0.5) is 0 Å². The van der Waals surface area contributed by atoms with Crippen molar-refractivity contribution in [3.8, 4) is 0 Å². The molecule has 1 aliphatic heterocycles. The fraction of sp³-hybridized carbons (Fsp3) is 0.846. The Hall–Kier alpha value is -1.10. The van der Waals surface area contributed by atoms with Crippen LogP contribution in [-0.4, -0.2) is 37.0 Å². The predicted molar refractivity (Wildman–Crippen MR) is 69.0 cm³/mol. The Labute approximate surface area is 108 Å². The van der Waals surface area contributed by atoms with Crippen LogP contribution < -0.4 is 16.0 Å². The maximum atomic E-state index is 11.8. The third-order valence-corrected chi connectivity index (χ3v) is 3.57. The Morgan fingerprint density at radius 2 is 2.11 bits per heavy atom. The first kappa shape index (κ1) is 13.3. The summed E-state index contributed by atoms with van der Waals surface area (Å²) < 4.78 is 0. The maximum Gasteiger partial charge on any atom is 0.242 e. The van der Waals surface area contributed by atoms with Gasteiger partial charge in [0.25, 0.3) is 0 Å². The highest BCUT2D eigenvalue weighted by atomic mass is 16.2. The molecule has 0 aromatic heterocycles. The topological polar surface area (TPSA) is 70.2 Å². The average molecular weight is 253 g/mol. The van der Waals surface area contributed by atoms with E-state index >= 15 is 0 Å². The van der Waals surface area contributed by atoms with Gasteiger partial charge in [-0.05, 0) is 51.6 Å². The molecule has 102 valence electrons. The minimum absolute atomic E-state index is 0.0119. The van der Waals surface area contributed by atoms with E-state index in [0.29, 0.717) is 18.4 Å². The van der Waals surface area contributed by atoms with Crippen LogP contribution in [0.5, 0.6) is 0 Å². The Bertz CT molecular complexity index is 309. The third kappa shape index (κ3) is 4.29. The van der Waals surface area contributed by atoms with Gasteiger partial charge in [-0.3, -0.25) is 9.59 Å². The molecule has 0 aromatic rings. The molecule has 1 aliphatic carbocycles. The van der Waals surface area contributed by atoms with E-state index in [2.05, 4.69) is 16.0 Å². The third-order valence-electron chi connectivity index (χ3n) is 3.57. The van der Waals surface area contributed by atoms with Crippen molar-refractivity contribution in [2.24, 2.45) is 5.92 Å². The molecule has 2 atom stereocenters. The summed E-state index contributed by atoms with van der Waals surface area (Å²) in [6.45, 7) is 3.71. The molecule has 0 radical (unpaired) electrons. The molecular weight excluding hydrogens is 230 g/mol. The fourth-order valence-corrected chi connectivity index (χ4v) is 2.28. The number of carbonyl (C=O) groups excluding carboxylic acids is 2. The molecule has 3 N–H and O–H groups in total. The minimum Gasteiger partial charge on any atom is -0.352 e. The molecule has 2 rings (SSSR count). The molecule has 2 unspecified atom stereocenters. The molecule has 1 saturated heterocycles. The number of hydrogen-bond donors (Lipinski definition) is 3. The Balaban J connectivity index is 1.66. The van der Waals surface area contributed by atoms with Gasteiger partial charge in [-0.25, -0.2) is 0 Å². The summed E-state index contributed by atoms with van der Waals surface area (Å²) in [6, 6.07) is -0.0750. The lowest BCUT2D eigenvalue weighted by molar-refractivity contribution is -0.129. The Morgan fingerprint density at radius 1 is 1.33 bits per heavy atom. The van der Waals surface area contributed by atoms with Crippen LogP contribution in [0.2, 0.25) is 0 Å². The van der Waals surface area contributed by atoms with Gasteiger partial charge in [-0.2, -0.15) is 0 Å². The largest absolute Gasteiger partial charge is 0.352 e. The van der Waals surface area contributed by atoms with Crippen LogP contribution in [0.3, 0.4) is 0 Å². The van der Waals surface area contributed by atoms with Crippen molar-refractivity contribution < 1.29 is 9.59 Å². The molecule has 2 aliphatic rings. The van der Waals surface area contributed by atoms with Crippen LogP contribution in [-0.2, 0) is 9.59 Å². The normalized spacial score (nSPS) is 25.3. The van der Waals surface area contributed by atoms with Crippen LogP contribution in [0.15, 0.2) is 0 Å². The number of nitrogens with one attached hydrogen (secondary N) is 3.